The molecule has 0 aromatic heterocycles. The molecular formula is C8H6F3O3Si. The van der Waals surface area contributed by atoms with Crippen LogP contribution in [0.2, 0.25) is 0 Å². The summed E-state index contributed by atoms with van der Waals surface area (Å²) in [7, 11) is 2.35. The predicted molar refractivity (Wildman–Crippen MR) is 44.4 cm³/mol. The lowest BCUT2D eigenvalue weighted by atomic mass is 10.1. The number of hydrogen-bond donors (Lipinski definition) is 2. The van der Waals surface area contributed by atoms with Crippen LogP contribution in [0.1, 0.15) is 11.1 Å². The Bertz CT molecular complexity index is 351. The van der Waals surface area contributed by atoms with Crippen molar-refractivity contribution in [1.82, 2.24) is 0 Å². The zero-order valence-electron chi connectivity index (χ0n) is 7.25. The lowest BCUT2D eigenvalue weighted by molar-refractivity contribution is -0.303. The molecule has 0 aliphatic rings. The summed E-state index contributed by atoms with van der Waals surface area (Å²) < 4.78 is 40.8. The van der Waals surface area contributed by atoms with E-state index in [-0.39, 0.29) is 0 Å². The molecule has 0 bridgehead atoms. The van der Waals surface area contributed by atoms with Gasteiger partial charge >= 0.3 is 6.18 Å². The number of rotatable bonds is 2. The molecule has 81 valence electrons. The van der Waals surface area contributed by atoms with Gasteiger partial charge in [0, 0.05) is 5.56 Å². The van der Waals surface area contributed by atoms with Crippen LogP contribution in [-0.2, 0) is 16.6 Å². The van der Waals surface area contributed by atoms with Crippen LogP contribution >= 0.6 is 0 Å². The minimum Gasteiger partial charge on any atom is -0.367 e. The maximum atomic E-state index is 12.2. The molecule has 3 radical (unpaired) electrons. The summed E-state index contributed by atoms with van der Waals surface area (Å²) >= 11 is 0. The lowest BCUT2D eigenvalue weighted by Gasteiger charge is -2.20. The van der Waals surface area contributed by atoms with Crippen LogP contribution in [0.15, 0.2) is 24.3 Å². The van der Waals surface area contributed by atoms with Gasteiger partial charge in [-0.3, -0.25) is 0 Å². The molecule has 0 spiro atoms. The maximum Gasteiger partial charge on any atom is 0.416 e. The first-order valence-corrected chi connectivity index (χ1v) is 4.15. The smallest absolute Gasteiger partial charge is 0.367 e. The molecule has 0 saturated carbocycles. The van der Waals surface area contributed by atoms with Gasteiger partial charge < -0.3 is 14.6 Å². The highest BCUT2D eigenvalue weighted by molar-refractivity contribution is 5.98. The van der Waals surface area contributed by atoms with Gasteiger partial charge in [-0.05, 0) is 12.1 Å². The van der Waals surface area contributed by atoms with Gasteiger partial charge in [-0.25, -0.2) is 0 Å². The number of aliphatic hydroxyl groups is 2. The first-order valence-electron chi connectivity index (χ1n) is 3.74. The Morgan fingerprint density at radius 3 is 2.13 bits per heavy atom. The summed E-state index contributed by atoms with van der Waals surface area (Å²) in [6.45, 7) is 0. The fraction of sp³-hybridized carbons (Fsp3) is 0.250. The summed E-state index contributed by atoms with van der Waals surface area (Å²) in [5.74, 6) is -2.79. The molecule has 2 N–H and O–H groups in total. The zero-order chi connectivity index (χ0) is 11.7. The molecule has 3 nitrogen and oxygen atoms in total. The molecular weight excluding hydrogens is 229 g/mol. The summed E-state index contributed by atoms with van der Waals surface area (Å²) in [4.78, 5) is 0. The average molecular weight is 235 g/mol. The van der Waals surface area contributed by atoms with Crippen molar-refractivity contribution in [2.24, 2.45) is 0 Å². The standard InChI is InChI=1S/C8H6F3O3Si/c9-7(10,11)5-2-1-3-6(4-5)8(12,13)14-15/h1-4,12-13H. The third-order valence-electron chi connectivity index (χ3n) is 1.71. The van der Waals surface area contributed by atoms with Gasteiger partial charge in [0.15, 0.2) is 0 Å². The minimum atomic E-state index is -4.54. The van der Waals surface area contributed by atoms with Crippen molar-refractivity contribution in [2.45, 2.75) is 12.1 Å². The number of benzene rings is 1. The Morgan fingerprint density at radius 1 is 1.13 bits per heavy atom. The topological polar surface area (TPSA) is 49.7 Å². The van der Waals surface area contributed by atoms with E-state index in [1.165, 1.54) is 0 Å². The van der Waals surface area contributed by atoms with E-state index in [1.807, 2.05) is 0 Å². The second-order valence-electron chi connectivity index (χ2n) is 2.79. The van der Waals surface area contributed by atoms with Gasteiger partial charge in [0.1, 0.15) is 0 Å². The van der Waals surface area contributed by atoms with Crippen molar-refractivity contribution in [3.8, 4) is 0 Å². The van der Waals surface area contributed by atoms with Crippen LogP contribution in [-0.4, -0.2) is 20.7 Å². The molecule has 0 saturated heterocycles. The molecule has 15 heavy (non-hydrogen) atoms. The Morgan fingerprint density at radius 2 is 1.67 bits per heavy atom. The fourth-order valence-corrected chi connectivity index (χ4v) is 1.07. The quantitative estimate of drug-likeness (QED) is 0.591. The Labute approximate surface area is 86.7 Å². The molecule has 7 heteroatoms. The van der Waals surface area contributed by atoms with Gasteiger partial charge in [0.25, 0.3) is 16.5 Å². The van der Waals surface area contributed by atoms with Gasteiger partial charge in [0.2, 0.25) is 0 Å². The second-order valence-corrected chi connectivity index (χ2v) is 2.99. The van der Waals surface area contributed by atoms with Gasteiger partial charge in [-0.1, -0.05) is 12.1 Å². The van der Waals surface area contributed by atoms with Crippen LogP contribution < -0.4 is 0 Å². The summed E-state index contributed by atoms with van der Waals surface area (Å²) in [5, 5.41) is 18.2. The molecule has 0 aliphatic carbocycles. The minimum absolute atomic E-state index is 0.424. The lowest BCUT2D eigenvalue weighted by Crippen LogP contribution is -2.28. The van der Waals surface area contributed by atoms with E-state index < -0.39 is 23.3 Å². The van der Waals surface area contributed by atoms with Gasteiger partial charge in [-0.15, -0.1) is 0 Å². The van der Waals surface area contributed by atoms with E-state index in [4.69, 9.17) is 10.2 Å². The molecule has 1 rings (SSSR count). The largest absolute Gasteiger partial charge is 0.416 e. The first-order chi connectivity index (χ1) is 6.77. The molecule has 0 heterocycles. The highest BCUT2D eigenvalue weighted by Crippen LogP contribution is 2.31. The number of halogens is 3. The molecule has 0 aliphatic heterocycles. The molecule has 0 fully saturated rings. The van der Waals surface area contributed by atoms with Gasteiger partial charge in [0.05, 0.1) is 5.56 Å². The second kappa shape index (κ2) is 3.93. The van der Waals surface area contributed by atoms with Crippen molar-refractivity contribution >= 4 is 10.5 Å². The van der Waals surface area contributed by atoms with Crippen LogP contribution in [0.4, 0.5) is 13.2 Å². The average Bonchev–Trinajstić information content (AvgIpc) is 2.17. The third kappa shape index (κ3) is 2.78. The van der Waals surface area contributed by atoms with E-state index in [1.54, 1.807) is 0 Å². The van der Waals surface area contributed by atoms with E-state index >= 15 is 0 Å². The number of alkyl halides is 3. The van der Waals surface area contributed by atoms with Crippen molar-refractivity contribution in [2.75, 3.05) is 0 Å². The van der Waals surface area contributed by atoms with Crippen molar-refractivity contribution in [3.63, 3.8) is 0 Å². The van der Waals surface area contributed by atoms with Crippen LogP contribution in [0, 0.1) is 0 Å². The SMILES string of the molecule is OC(O)(O[Si])c1cccc(C(F)(F)F)c1. The Balaban J connectivity index is 3.14. The van der Waals surface area contributed by atoms with Crippen LogP contribution in [0.5, 0.6) is 0 Å². The monoisotopic (exact) mass is 235 g/mol. The summed E-state index contributed by atoms with van der Waals surface area (Å²) in [6.07, 6.45) is -4.54. The molecule has 1 aromatic rings. The van der Waals surface area contributed by atoms with Crippen molar-refractivity contribution in [1.29, 1.82) is 0 Å². The predicted octanol–water partition coefficient (Wildman–Crippen LogP) is 0.900. The Kier molecular flexibility index (Phi) is 3.19. The van der Waals surface area contributed by atoms with E-state index in [0.717, 1.165) is 18.2 Å². The Hall–Kier alpha value is -0.893. The van der Waals surface area contributed by atoms with Crippen molar-refractivity contribution in [3.05, 3.63) is 35.4 Å². The van der Waals surface area contributed by atoms with E-state index in [9.17, 15) is 13.2 Å². The third-order valence-corrected chi connectivity index (χ3v) is 1.99. The first kappa shape index (κ1) is 12.2. The van der Waals surface area contributed by atoms with Gasteiger partial charge in [-0.2, -0.15) is 13.2 Å². The highest BCUT2D eigenvalue weighted by Gasteiger charge is 2.33. The van der Waals surface area contributed by atoms with Crippen molar-refractivity contribution < 1.29 is 27.8 Å². The molecule has 0 atom stereocenters. The molecule has 1 aromatic carbocycles. The summed E-state index contributed by atoms with van der Waals surface area (Å²) in [6, 6.07) is 3.54. The van der Waals surface area contributed by atoms with E-state index in [2.05, 4.69) is 14.9 Å². The van der Waals surface area contributed by atoms with Crippen LogP contribution in [0.25, 0.3) is 0 Å². The molecule has 0 amide bonds. The zero-order valence-corrected chi connectivity index (χ0v) is 8.25. The van der Waals surface area contributed by atoms with E-state index in [0.29, 0.717) is 6.07 Å². The van der Waals surface area contributed by atoms with Crippen LogP contribution in [0.3, 0.4) is 0 Å². The number of hydrogen-bond acceptors (Lipinski definition) is 3. The molecule has 0 unspecified atom stereocenters. The normalized spacial score (nSPS) is 12.9. The maximum absolute atomic E-state index is 12.2. The highest BCUT2D eigenvalue weighted by atomic mass is 28.2. The fourth-order valence-electron chi connectivity index (χ4n) is 0.957. The summed E-state index contributed by atoms with van der Waals surface area (Å²) in [5.41, 5.74) is -1.41.